The van der Waals surface area contributed by atoms with Crippen molar-refractivity contribution in [3.8, 4) is 5.75 Å². The standard InChI is InChI=1S/C35H58N8O9/c1-6-19(3)28(43-32(48)26(18-22-11-13-23(44)14-12-22)41-31(47)24(37)15-16-27(38)45)33(49)39-21(5)30(46)42-29(20(4)7-2)34(50)40-25(35(51)52)10-8-9-17-36/h11-14,19-21,24-26,28-29,44H,6-10,15-18,36-37H2,1-5H3,(H2,38,45)(H,39,49)(H,40,50)(H,41,47)(H,42,46)(H,43,48)(H,51,52)/t19-,20-,21-,24-,25-,26-,28-,29-/m0/s1. The minimum absolute atomic E-state index is 0.00666. The summed E-state index contributed by atoms with van der Waals surface area (Å²) in [6.45, 7) is 8.84. The third-order valence-electron chi connectivity index (χ3n) is 8.95. The number of carboxylic acids is 1. The Morgan fingerprint density at radius 1 is 0.692 bits per heavy atom. The van der Waals surface area contributed by atoms with Crippen molar-refractivity contribution in [3.63, 3.8) is 0 Å². The van der Waals surface area contributed by atoms with Crippen LogP contribution in [-0.4, -0.2) is 94.4 Å². The number of unbranched alkanes of at least 4 members (excludes halogenated alkanes) is 1. The molecule has 0 fully saturated rings. The molecule has 17 nitrogen and oxygen atoms in total. The summed E-state index contributed by atoms with van der Waals surface area (Å²) in [5, 5.41) is 32.3. The Labute approximate surface area is 305 Å². The van der Waals surface area contributed by atoms with Crippen LogP contribution in [0.1, 0.15) is 85.1 Å². The Bertz CT molecular complexity index is 1360. The maximum atomic E-state index is 13.7. The first kappa shape index (κ1) is 45.3. The number of carbonyl (C=O) groups is 7. The lowest BCUT2D eigenvalue weighted by molar-refractivity contribution is -0.143. The van der Waals surface area contributed by atoms with Gasteiger partial charge in [0.25, 0.3) is 0 Å². The molecule has 17 heteroatoms. The molecule has 1 aromatic carbocycles. The van der Waals surface area contributed by atoms with Crippen LogP contribution in [0.5, 0.6) is 5.75 Å². The summed E-state index contributed by atoms with van der Waals surface area (Å²) in [4.78, 5) is 89.7. The summed E-state index contributed by atoms with van der Waals surface area (Å²) in [7, 11) is 0. The zero-order valence-corrected chi connectivity index (χ0v) is 30.8. The van der Waals surface area contributed by atoms with Gasteiger partial charge in [0.2, 0.25) is 35.4 Å². The second-order valence-corrected chi connectivity index (χ2v) is 13.2. The van der Waals surface area contributed by atoms with Crippen molar-refractivity contribution in [3.05, 3.63) is 29.8 Å². The Morgan fingerprint density at radius 2 is 1.21 bits per heavy atom. The highest BCUT2D eigenvalue weighted by Crippen LogP contribution is 2.14. The van der Waals surface area contributed by atoms with E-state index in [4.69, 9.17) is 17.2 Å². The van der Waals surface area contributed by atoms with Gasteiger partial charge in [-0.15, -0.1) is 0 Å². The Morgan fingerprint density at radius 3 is 1.71 bits per heavy atom. The van der Waals surface area contributed by atoms with Crippen LogP contribution < -0.4 is 43.8 Å². The van der Waals surface area contributed by atoms with Gasteiger partial charge in [-0.25, -0.2) is 4.79 Å². The van der Waals surface area contributed by atoms with Gasteiger partial charge in [-0.1, -0.05) is 52.7 Å². The molecule has 0 aliphatic carbocycles. The van der Waals surface area contributed by atoms with Crippen molar-refractivity contribution in [2.75, 3.05) is 6.54 Å². The van der Waals surface area contributed by atoms with E-state index in [1.807, 2.05) is 6.92 Å². The molecule has 292 valence electrons. The molecule has 0 spiro atoms. The quantitative estimate of drug-likeness (QED) is 0.0591. The van der Waals surface area contributed by atoms with E-state index in [9.17, 15) is 43.8 Å². The summed E-state index contributed by atoms with van der Waals surface area (Å²) in [5.74, 6) is -6.23. The Hall–Kier alpha value is -4.77. The second-order valence-electron chi connectivity index (χ2n) is 13.2. The minimum atomic E-state index is -1.23. The number of aromatic hydroxyl groups is 1. The smallest absolute Gasteiger partial charge is 0.326 e. The first-order valence-electron chi connectivity index (χ1n) is 17.7. The van der Waals surface area contributed by atoms with Crippen molar-refractivity contribution >= 4 is 41.4 Å². The monoisotopic (exact) mass is 734 g/mol. The minimum Gasteiger partial charge on any atom is -0.508 e. The van der Waals surface area contributed by atoms with Crippen LogP contribution in [0.4, 0.5) is 0 Å². The normalized spacial score (nSPS) is 15.7. The average molecular weight is 735 g/mol. The lowest BCUT2D eigenvalue weighted by Crippen LogP contribution is -2.60. The molecule has 0 aliphatic heterocycles. The van der Waals surface area contributed by atoms with Gasteiger partial charge in [-0.05, 0) is 68.7 Å². The molecule has 8 atom stereocenters. The van der Waals surface area contributed by atoms with Crippen molar-refractivity contribution < 1.29 is 43.8 Å². The summed E-state index contributed by atoms with van der Waals surface area (Å²) >= 11 is 0. The summed E-state index contributed by atoms with van der Waals surface area (Å²) in [6, 6.07) is -1.04. The highest BCUT2D eigenvalue weighted by Gasteiger charge is 2.34. The molecular formula is C35H58N8O9. The molecule has 0 aromatic heterocycles. The van der Waals surface area contributed by atoms with Gasteiger partial charge in [-0.3, -0.25) is 28.8 Å². The van der Waals surface area contributed by atoms with E-state index >= 15 is 0 Å². The molecule has 1 aromatic rings. The maximum Gasteiger partial charge on any atom is 0.326 e. The topological polar surface area (TPSA) is 298 Å². The third kappa shape index (κ3) is 15.6. The van der Waals surface area contributed by atoms with Gasteiger partial charge < -0.3 is 54.0 Å². The van der Waals surface area contributed by atoms with Crippen LogP contribution in [0, 0.1) is 11.8 Å². The van der Waals surface area contributed by atoms with E-state index in [0.717, 1.165) is 0 Å². The number of amides is 6. The fourth-order valence-corrected chi connectivity index (χ4v) is 5.10. The molecule has 1 rings (SSSR count). The predicted molar refractivity (Wildman–Crippen MR) is 193 cm³/mol. The van der Waals surface area contributed by atoms with E-state index in [2.05, 4.69) is 26.6 Å². The lowest BCUT2D eigenvalue weighted by atomic mass is 9.96. The lowest BCUT2D eigenvalue weighted by Gasteiger charge is -2.29. The third-order valence-corrected chi connectivity index (χ3v) is 8.95. The molecule has 0 saturated carbocycles. The van der Waals surface area contributed by atoms with E-state index < -0.39 is 83.6 Å². The summed E-state index contributed by atoms with van der Waals surface area (Å²) < 4.78 is 0. The summed E-state index contributed by atoms with van der Waals surface area (Å²) in [5.41, 5.74) is 17.2. The van der Waals surface area contributed by atoms with Gasteiger partial charge >= 0.3 is 5.97 Å². The van der Waals surface area contributed by atoms with Crippen LogP contribution in [0.25, 0.3) is 0 Å². The van der Waals surface area contributed by atoms with E-state index in [-0.39, 0.29) is 37.4 Å². The number of nitrogens with one attached hydrogen (secondary N) is 5. The fraction of sp³-hybridized carbons (Fsp3) is 0.629. The van der Waals surface area contributed by atoms with E-state index in [1.54, 1.807) is 32.9 Å². The number of hydrogen-bond donors (Lipinski definition) is 10. The number of phenolic OH excluding ortho intramolecular Hbond substituents is 1. The molecule has 0 bridgehead atoms. The zero-order valence-electron chi connectivity index (χ0n) is 30.8. The SMILES string of the molecule is CC[C@H](C)[C@H](NC(=O)[C@H](C)NC(=O)[C@@H](NC(=O)[C@H](Cc1ccc(O)cc1)NC(=O)[C@@H](N)CCC(N)=O)[C@@H](C)CC)C(=O)N[C@@H](CCCCN)C(=O)O. The molecule has 0 radical (unpaired) electrons. The van der Waals surface area contributed by atoms with Crippen molar-refractivity contribution in [2.45, 2.75) is 122 Å². The van der Waals surface area contributed by atoms with Gasteiger partial charge in [0, 0.05) is 12.8 Å². The molecule has 6 amide bonds. The Kier molecular flexibility index (Phi) is 19.9. The molecule has 0 heterocycles. The van der Waals surface area contributed by atoms with Crippen molar-refractivity contribution in [1.82, 2.24) is 26.6 Å². The number of phenols is 1. The molecular weight excluding hydrogens is 676 g/mol. The predicted octanol–water partition coefficient (Wildman–Crippen LogP) is -0.723. The molecule has 0 saturated heterocycles. The van der Waals surface area contributed by atoms with Gasteiger partial charge in [0.15, 0.2) is 0 Å². The molecule has 13 N–H and O–H groups in total. The summed E-state index contributed by atoms with van der Waals surface area (Å²) in [6.07, 6.45) is 1.91. The van der Waals surface area contributed by atoms with Crippen molar-refractivity contribution in [1.29, 1.82) is 0 Å². The Balaban J connectivity index is 3.16. The van der Waals surface area contributed by atoms with Gasteiger partial charge in [-0.2, -0.15) is 0 Å². The van der Waals surface area contributed by atoms with Crippen LogP contribution in [0.3, 0.4) is 0 Å². The number of carboxylic acid groups (broad SMARTS) is 1. The van der Waals surface area contributed by atoms with Crippen molar-refractivity contribution in [2.24, 2.45) is 29.0 Å². The molecule has 0 unspecified atom stereocenters. The maximum absolute atomic E-state index is 13.7. The number of rotatable bonds is 24. The second kappa shape index (κ2) is 22.9. The van der Waals surface area contributed by atoms with Crippen LogP contribution in [-0.2, 0) is 40.0 Å². The fourth-order valence-electron chi connectivity index (χ4n) is 5.10. The molecule has 0 aliphatic rings. The average Bonchev–Trinajstić information content (AvgIpc) is 3.10. The van der Waals surface area contributed by atoms with Crippen LogP contribution >= 0.6 is 0 Å². The number of hydrogen-bond acceptors (Lipinski definition) is 10. The highest BCUT2D eigenvalue weighted by molar-refractivity contribution is 5.96. The van der Waals surface area contributed by atoms with Crippen LogP contribution in [0.2, 0.25) is 0 Å². The highest BCUT2D eigenvalue weighted by atomic mass is 16.4. The van der Waals surface area contributed by atoms with E-state index in [1.165, 1.54) is 19.1 Å². The number of nitrogens with two attached hydrogens (primary N) is 3. The number of carbonyl (C=O) groups excluding carboxylic acids is 6. The van der Waals surface area contributed by atoms with Gasteiger partial charge in [0.05, 0.1) is 6.04 Å². The van der Waals surface area contributed by atoms with E-state index in [0.29, 0.717) is 37.8 Å². The number of aliphatic carboxylic acids is 1. The van der Waals surface area contributed by atoms with Crippen LogP contribution in [0.15, 0.2) is 24.3 Å². The number of primary amides is 1. The largest absolute Gasteiger partial charge is 0.508 e. The van der Waals surface area contributed by atoms with Gasteiger partial charge in [0.1, 0.15) is 36.0 Å². The molecule has 52 heavy (non-hydrogen) atoms. The zero-order chi connectivity index (χ0) is 39.5. The first-order valence-corrected chi connectivity index (χ1v) is 17.7. The number of benzene rings is 1. The first-order chi connectivity index (χ1) is 24.4.